The molecule has 0 radical (unpaired) electrons. The summed E-state index contributed by atoms with van der Waals surface area (Å²) in [6, 6.07) is 4.63. The molecule has 3 rings (SSSR count). The van der Waals surface area contributed by atoms with Gasteiger partial charge in [0.2, 0.25) is 0 Å². The quantitative estimate of drug-likeness (QED) is 0.227. The van der Waals surface area contributed by atoms with E-state index in [4.69, 9.17) is 16.3 Å². The molecule has 3 atom stereocenters. The number of esters is 1. The van der Waals surface area contributed by atoms with Gasteiger partial charge >= 0.3 is 5.97 Å². The first-order chi connectivity index (χ1) is 13.8. The molecule has 1 saturated carbocycles. The van der Waals surface area contributed by atoms with Crippen molar-refractivity contribution in [2.24, 2.45) is 4.99 Å². The van der Waals surface area contributed by atoms with Crippen molar-refractivity contribution in [3.63, 3.8) is 0 Å². The Morgan fingerprint density at radius 2 is 2.23 bits per heavy atom. The Morgan fingerprint density at radius 3 is 2.87 bits per heavy atom. The summed E-state index contributed by atoms with van der Waals surface area (Å²) in [7, 11) is 1.67. The molecule has 10 heteroatoms. The molecule has 1 aliphatic rings. The van der Waals surface area contributed by atoms with Gasteiger partial charge in [0.15, 0.2) is 5.96 Å². The summed E-state index contributed by atoms with van der Waals surface area (Å²) < 4.78 is 19.2. The molecule has 1 aromatic heterocycles. The van der Waals surface area contributed by atoms with Gasteiger partial charge in [0, 0.05) is 29.6 Å². The minimum Gasteiger partial charge on any atom is -0.462 e. The lowest BCUT2D eigenvalue weighted by Crippen LogP contribution is -2.40. The molecular weight excluding hydrogens is 542 g/mol. The Kier molecular flexibility index (Phi) is 8.86. The number of hydrogen-bond donors (Lipinski definition) is 2. The van der Waals surface area contributed by atoms with Crippen LogP contribution in [0.15, 0.2) is 23.2 Å². The zero-order valence-electron chi connectivity index (χ0n) is 17.2. The predicted octanol–water partition coefficient (Wildman–Crippen LogP) is 4.82. The van der Waals surface area contributed by atoms with Crippen molar-refractivity contribution < 1.29 is 13.9 Å². The molecule has 1 aromatic carbocycles. The molecule has 0 amide bonds. The number of benzene rings is 1. The number of hydrogen-bond acceptors (Lipinski definition) is 5. The number of rotatable bonds is 6. The van der Waals surface area contributed by atoms with Crippen molar-refractivity contribution >= 4 is 58.8 Å². The Labute approximate surface area is 201 Å². The van der Waals surface area contributed by atoms with Crippen molar-refractivity contribution in [1.82, 2.24) is 15.6 Å². The number of thiazole rings is 1. The fourth-order valence-corrected chi connectivity index (χ4v) is 4.41. The molecule has 2 N–H and O–H groups in total. The second-order valence-corrected chi connectivity index (χ2v) is 8.29. The highest BCUT2D eigenvalue weighted by atomic mass is 127. The van der Waals surface area contributed by atoms with Crippen LogP contribution in [-0.4, -0.2) is 36.6 Å². The number of guanidine groups is 1. The van der Waals surface area contributed by atoms with Gasteiger partial charge in [-0.25, -0.2) is 14.2 Å². The predicted molar refractivity (Wildman–Crippen MR) is 129 cm³/mol. The van der Waals surface area contributed by atoms with Gasteiger partial charge in [0.05, 0.1) is 18.3 Å². The van der Waals surface area contributed by atoms with E-state index in [-0.39, 0.29) is 53.8 Å². The van der Waals surface area contributed by atoms with Gasteiger partial charge in [-0.1, -0.05) is 17.7 Å². The average Bonchev–Trinajstić information content (AvgIpc) is 3.30. The number of ether oxygens (including phenoxy) is 1. The maximum absolute atomic E-state index is 14.1. The first-order valence-electron chi connectivity index (χ1n) is 9.43. The number of nitrogens with zero attached hydrogens (tertiary/aromatic N) is 2. The molecule has 1 heterocycles. The second kappa shape index (κ2) is 10.7. The number of carbonyl (C=O) groups is 1. The summed E-state index contributed by atoms with van der Waals surface area (Å²) in [6.45, 7) is 5.83. The standard InChI is InChI=1S/C20H24ClFN4O2S.HI/c1-5-28-19(27)17-10(2)24-18(29-17)11(3)25-20(23-4)26-15-9-12(15)16-13(21)7-6-8-14(16)22;/h6-8,11-12,15H,5,9H2,1-4H3,(H2,23,25,26);1H. The van der Waals surface area contributed by atoms with Crippen molar-refractivity contribution in [2.75, 3.05) is 13.7 Å². The molecule has 0 spiro atoms. The third-order valence-corrected chi connectivity index (χ3v) is 6.35. The van der Waals surface area contributed by atoms with Gasteiger partial charge < -0.3 is 15.4 Å². The minimum atomic E-state index is -0.356. The van der Waals surface area contributed by atoms with Crippen LogP contribution in [-0.2, 0) is 4.74 Å². The number of aryl methyl sites for hydroxylation is 1. The Hall–Kier alpha value is -1.46. The summed E-state index contributed by atoms with van der Waals surface area (Å²) in [5, 5.41) is 7.79. The summed E-state index contributed by atoms with van der Waals surface area (Å²) in [5.74, 6) is -0.0444. The number of aliphatic imine (C=N–C) groups is 1. The fourth-order valence-electron chi connectivity index (χ4n) is 3.14. The van der Waals surface area contributed by atoms with E-state index in [1.54, 1.807) is 33.0 Å². The smallest absolute Gasteiger partial charge is 0.350 e. The summed E-state index contributed by atoms with van der Waals surface area (Å²) in [5.41, 5.74) is 1.20. The molecule has 2 aromatic rings. The number of nitrogens with one attached hydrogen (secondary N) is 2. The van der Waals surface area contributed by atoms with E-state index in [0.29, 0.717) is 33.7 Å². The van der Waals surface area contributed by atoms with Crippen molar-refractivity contribution in [3.05, 3.63) is 50.2 Å². The molecule has 30 heavy (non-hydrogen) atoms. The molecule has 3 unspecified atom stereocenters. The van der Waals surface area contributed by atoms with Gasteiger partial charge in [0.1, 0.15) is 15.7 Å². The lowest BCUT2D eigenvalue weighted by atomic mass is 10.1. The number of carbonyl (C=O) groups excluding carboxylic acids is 1. The lowest BCUT2D eigenvalue weighted by molar-refractivity contribution is 0.0531. The van der Waals surface area contributed by atoms with Crippen LogP contribution in [0.25, 0.3) is 0 Å². The van der Waals surface area contributed by atoms with Gasteiger partial charge in [-0.15, -0.1) is 35.3 Å². The van der Waals surface area contributed by atoms with E-state index in [1.807, 2.05) is 6.92 Å². The molecule has 0 aliphatic heterocycles. The molecule has 0 saturated heterocycles. The zero-order chi connectivity index (χ0) is 21.1. The maximum Gasteiger partial charge on any atom is 0.350 e. The third-order valence-electron chi connectivity index (χ3n) is 4.70. The molecule has 0 bridgehead atoms. The first-order valence-corrected chi connectivity index (χ1v) is 10.6. The van der Waals surface area contributed by atoms with E-state index >= 15 is 0 Å². The van der Waals surface area contributed by atoms with Crippen LogP contribution in [0, 0.1) is 12.7 Å². The maximum atomic E-state index is 14.1. The van der Waals surface area contributed by atoms with Crippen molar-refractivity contribution in [2.45, 2.75) is 45.2 Å². The SMILES string of the molecule is CCOC(=O)c1sc(C(C)NC(=NC)NC2CC2c2c(F)cccc2Cl)nc1C.I. The topological polar surface area (TPSA) is 75.6 Å². The van der Waals surface area contributed by atoms with Crippen molar-refractivity contribution in [1.29, 1.82) is 0 Å². The highest BCUT2D eigenvalue weighted by Crippen LogP contribution is 2.44. The zero-order valence-corrected chi connectivity index (χ0v) is 21.1. The van der Waals surface area contributed by atoms with Gasteiger partial charge in [0.25, 0.3) is 0 Å². The number of halogens is 3. The van der Waals surface area contributed by atoms with Gasteiger partial charge in [-0.05, 0) is 39.3 Å². The summed E-state index contributed by atoms with van der Waals surface area (Å²) >= 11 is 7.48. The molecule has 1 aliphatic carbocycles. The van der Waals surface area contributed by atoms with Crippen LogP contribution < -0.4 is 10.6 Å². The minimum absolute atomic E-state index is 0. The molecule has 1 fully saturated rings. The van der Waals surface area contributed by atoms with Crippen molar-refractivity contribution in [3.8, 4) is 0 Å². The first kappa shape index (κ1) is 24.8. The Bertz CT molecular complexity index is 919. The van der Waals surface area contributed by atoms with Crippen LogP contribution in [0.5, 0.6) is 0 Å². The summed E-state index contributed by atoms with van der Waals surface area (Å²) in [6.07, 6.45) is 0.777. The van der Waals surface area contributed by atoms with Gasteiger partial charge in [-0.2, -0.15) is 0 Å². The normalized spacial score (nSPS) is 18.9. The monoisotopic (exact) mass is 566 g/mol. The molecule has 6 nitrogen and oxygen atoms in total. The van der Waals surface area contributed by atoms with Crippen LogP contribution in [0.1, 0.15) is 58.2 Å². The fraction of sp³-hybridized carbons (Fsp3) is 0.450. The largest absolute Gasteiger partial charge is 0.462 e. The lowest BCUT2D eigenvalue weighted by Gasteiger charge is -2.16. The van der Waals surface area contributed by atoms with Crippen LogP contribution in [0.2, 0.25) is 5.02 Å². The van der Waals surface area contributed by atoms with E-state index in [9.17, 15) is 9.18 Å². The average molecular weight is 567 g/mol. The van der Waals surface area contributed by atoms with E-state index < -0.39 is 0 Å². The van der Waals surface area contributed by atoms with E-state index in [0.717, 1.165) is 11.4 Å². The highest BCUT2D eigenvalue weighted by Gasteiger charge is 2.42. The van der Waals surface area contributed by atoms with E-state index in [2.05, 4.69) is 20.6 Å². The highest BCUT2D eigenvalue weighted by molar-refractivity contribution is 14.0. The van der Waals surface area contributed by atoms with Gasteiger partial charge in [-0.3, -0.25) is 4.99 Å². The molecule has 164 valence electrons. The Morgan fingerprint density at radius 1 is 1.50 bits per heavy atom. The molecular formula is C20H25ClFIN4O2S. The number of aromatic nitrogens is 1. The van der Waals surface area contributed by atoms with Crippen LogP contribution >= 0.6 is 46.9 Å². The second-order valence-electron chi connectivity index (χ2n) is 6.85. The Balaban J connectivity index is 0.00000320. The van der Waals surface area contributed by atoms with E-state index in [1.165, 1.54) is 17.4 Å². The third kappa shape index (κ3) is 5.61. The summed E-state index contributed by atoms with van der Waals surface area (Å²) in [4.78, 5) is 21.3. The van der Waals surface area contributed by atoms with Crippen LogP contribution in [0.3, 0.4) is 0 Å². The van der Waals surface area contributed by atoms with Crippen LogP contribution in [0.4, 0.5) is 4.39 Å².